The molecule has 0 aromatic rings. The Bertz CT molecular complexity index is 437. The van der Waals surface area contributed by atoms with E-state index < -0.39 is 16.0 Å². The van der Waals surface area contributed by atoms with Crippen molar-refractivity contribution in [1.29, 1.82) is 0 Å². The van der Waals surface area contributed by atoms with Crippen LogP contribution in [0.25, 0.3) is 0 Å². The van der Waals surface area contributed by atoms with Crippen LogP contribution in [0.2, 0.25) is 0 Å². The summed E-state index contributed by atoms with van der Waals surface area (Å²) in [4.78, 5) is 12.8. The lowest BCUT2D eigenvalue weighted by Gasteiger charge is -2.41. The Kier molecular flexibility index (Phi) is 4.47. The van der Waals surface area contributed by atoms with E-state index in [4.69, 9.17) is 5.11 Å². The second-order valence-corrected chi connectivity index (χ2v) is 7.56. The minimum absolute atomic E-state index is 0.0100. The first kappa shape index (κ1) is 14.7. The van der Waals surface area contributed by atoms with Crippen LogP contribution in [0.3, 0.4) is 0 Å². The lowest BCUT2D eigenvalue weighted by atomic mass is 10.1. The van der Waals surface area contributed by atoms with Gasteiger partial charge in [0.25, 0.3) is 0 Å². The predicted octanol–water partition coefficient (Wildman–Crippen LogP) is 0.350. The number of hydrogen-bond acceptors (Lipinski definition) is 4. The number of sulfonamides is 1. The number of carboxylic acids is 1. The third-order valence-corrected chi connectivity index (χ3v) is 6.06. The van der Waals surface area contributed by atoms with E-state index in [9.17, 15) is 13.2 Å². The average molecular weight is 290 g/mol. The summed E-state index contributed by atoms with van der Waals surface area (Å²) < 4.78 is 26.1. The molecule has 2 heterocycles. The monoisotopic (exact) mass is 290 g/mol. The normalized spacial score (nSPS) is 29.3. The van der Waals surface area contributed by atoms with Crippen LogP contribution in [0.5, 0.6) is 0 Å². The lowest BCUT2D eigenvalue weighted by molar-refractivity contribution is -0.137. The number of hydrogen-bond donors (Lipinski definition) is 1. The quantitative estimate of drug-likeness (QED) is 0.790. The van der Waals surface area contributed by atoms with Gasteiger partial charge in [-0.05, 0) is 32.7 Å². The van der Waals surface area contributed by atoms with Crippen molar-refractivity contribution in [2.24, 2.45) is 0 Å². The zero-order valence-corrected chi connectivity index (χ0v) is 12.1. The van der Waals surface area contributed by atoms with Gasteiger partial charge < -0.3 is 5.11 Å². The van der Waals surface area contributed by atoms with Crippen LogP contribution >= 0.6 is 0 Å². The fraction of sp³-hybridized carbons (Fsp3) is 0.917. The zero-order valence-electron chi connectivity index (χ0n) is 11.3. The van der Waals surface area contributed by atoms with E-state index in [1.807, 2.05) is 6.92 Å². The summed E-state index contributed by atoms with van der Waals surface area (Å²) in [6.07, 6.45) is 2.31. The van der Waals surface area contributed by atoms with Crippen molar-refractivity contribution in [3.8, 4) is 0 Å². The van der Waals surface area contributed by atoms with E-state index in [-0.39, 0.29) is 24.6 Å². The fourth-order valence-corrected chi connectivity index (χ4v) is 4.83. The number of carbonyl (C=O) groups is 1. The van der Waals surface area contributed by atoms with Crippen molar-refractivity contribution in [1.82, 2.24) is 9.21 Å². The maximum absolute atomic E-state index is 12.3. The average Bonchev–Trinajstić information content (AvgIpc) is 2.73. The van der Waals surface area contributed by atoms with Gasteiger partial charge in [-0.1, -0.05) is 0 Å². The number of rotatable bonds is 5. The van der Waals surface area contributed by atoms with Crippen LogP contribution < -0.4 is 0 Å². The molecule has 6 nitrogen and oxygen atoms in total. The molecule has 0 amide bonds. The highest BCUT2D eigenvalue weighted by Crippen LogP contribution is 2.26. The lowest BCUT2D eigenvalue weighted by Crippen LogP contribution is -2.57. The maximum Gasteiger partial charge on any atom is 0.303 e. The van der Waals surface area contributed by atoms with Gasteiger partial charge in [0.1, 0.15) is 0 Å². The molecule has 19 heavy (non-hydrogen) atoms. The third-order valence-electron chi connectivity index (χ3n) is 4.03. The highest BCUT2D eigenvalue weighted by molar-refractivity contribution is 7.89. The Hall–Kier alpha value is -0.660. The summed E-state index contributed by atoms with van der Waals surface area (Å²) in [5, 5.41) is 8.58. The smallest absolute Gasteiger partial charge is 0.303 e. The number of aliphatic carboxylic acids is 1. The van der Waals surface area contributed by atoms with Crippen LogP contribution in [-0.4, -0.2) is 66.2 Å². The van der Waals surface area contributed by atoms with E-state index in [2.05, 4.69) is 4.90 Å². The van der Waals surface area contributed by atoms with Gasteiger partial charge in [0.2, 0.25) is 10.0 Å². The summed E-state index contributed by atoms with van der Waals surface area (Å²) in [6.45, 7) is 4.37. The van der Waals surface area contributed by atoms with Gasteiger partial charge in [-0.15, -0.1) is 0 Å². The summed E-state index contributed by atoms with van der Waals surface area (Å²) in [5.41, 5.74) is 0. The first-order valence-electron chi connectivity index (χ1n) is 6.85. The van der Waals surface area contributed by atoms with Crippen LogP contribution in [0.4, 0.5) is 0 Å². The number of nitrogens with zero attached hydrogens (tertiary/aromatic N) is 2. The molecule has 7 heteroatoms. The highest BCUT2D eigenvalue weighted by Gasteiger charge is 2.39. The van der Waals surface area contributed by atoms with Crippen LogP contribution in [0.15, 0.2) is 0 Å². The fourth-order valence-electron chi connectivity index (χ4n) is 3.07. The molecule has 2 fully saturated rings. The predicted molar refractivity (Wildman–Crippen MR) is 71.4 cm³/mol. The van der Waals surface area contributed by atoms with Crippen LogP contribution in [0, 0.1) is 0 Å². The molecule has 0 aromatic carbocycles. The van der Waals surface area contributed by atoms with Crippen molar-refractivity contribution in [3.05, 3.63) is 0 Å². The van der Waals surface area contributed by atoms with Crippen molar-refractivity contribution in [3.63, 3.8) is 0 Å². The molecule has 2 aliphatic heterocycles. The second kappa shape index (κ2) is 5.76. The molecule has 2 unspecified atom stereocenters. The maximum atomic E-state index is 12.3. The van der Waals surface area contributed by atoms with Gasteiger partial charge in [0.15, 0.2) is 0 Å². The standard InChI is InChI=1S/C12H22N2O4S/c1-10-8-13-6-2-4-11(13)9-14(10)19(17,18)7-3-5-12(15)16/h10-11H,2-9H2,1H3,(H,15,16). The molecule has 2 atom stereocenters. The summed E-state index contributed by atoms with van der Waals surface area (Å²) >= 11 is 0. The Morgan fingerprint density at radius 2 is 2.11 bits per heavy atom. The molecule has 110 valence electrons. The van der Waals surface area contributed by atoms with Crippen molar-refractivity contribution in [2.45, 2.75) is 44.7 Å². The van der Waals surface area contributed by atoms with Crippen LogP contribution in [-0.2, 0) is 14.8 Å². The van der Waals surface area contributed by atoms with Gasteiger partial charge >= 0.3 is 5.97 Å². The summed E-state index contributed by atoms with van der Waals surface area (Å²) in [7, 11) is -3.32. The molecular formula is C12H22N2O4S. The van der Waals surface area contributed by atoms with Crippen LogP contribution in [0.1, 0.15) is 32.6 Å². The minimum atomic E-state index is -3.32. The second-order valence-electron chi connectivity index (χ2n) is 5.52. The summed E-state index contributed by atoms with van der Waals surface area (Å²) in [5.74, 6) is -1.00. The number of carboxylic acid groups (broad SMARTS) is 1. The topological polar surface area (TPSA) is 77.9 Å². The Morgan fingerprint density at radius 1 is 1.37 bits per heavy atom. The molecule has 2 aliphatic rings. The Balaban J connectivity index is 1.97. The molecule has 0 saturated carbocycles. The van der Waals surface area contributed by atoms with E-state index in [0.29, 0.717) is 12.6 Å². The van der Waals surface area contributed by atoms with E-state index in [1.165, 1.54) is 0 Å². The zero-order chi connectivity index (χ0) is 14.0. The molecular weight excluding hydrogens is 268 g/mol. The molecule has 2 rings (SSSR count). The van der Waals surface area contributed by atoms with E-state index in [1.54, 1.807) is 4.31 Å². The number of piperazine rings is 1. The van der Waals surface area contributed by atoms with Crippen molar-refractivity contribution >= 4 is 16.0 Å². The van der Waals surface area contributed by atoms with Crippen molar-refractivity contribution < 1.29 is 18.3 Å². The van der Waals surface area contributed by atoms with Crippen molar-refractivity contribution in [2.75, 3.05) is 25.4 Å². The highest BCUT2D eigenvalue weighted by atomic mass is 32.2. The first-order chi connectivity index (χ1) is 8.90. The largest absolute Gasteiger partial charge is 0.481 e. The number of fused-ring (bicyclic) bond motifs is 1. The van der Waals surface area contributed by atoms with Gasteiger partial charge in [-0.3, -0.25) is 9.69 Å². The minimum Gasteiger partial charge on any atom is -0.481 e. The van der Waals surface area contributed by atoms with E-state index in [0.717, 1.165) is 25.9 Å². The first-order valence-corrected chi connectivity index (χ1v) is 8.46. The molecule has 0 aromatic heterocycles. The molecule has 0 bridgehead atoms. The molecule has 0 radical (unpaired) electrons. The molecule has 0 aliphatic carbocycles. The summed E-state index contributed by atoms with van der Waals surface area (Å²) in [6, 6.07) is 0.342. The third kappa shape index (κ3) is 3.46. The molecule has 1 N–H and O–H groups in total. The molecule has 2 saturated heterocycles. The SMILES string of the molecule is CC1CN2CCCC2CN1S(=O)(=O)CCCC(=O)O. The van der Waals surface area contributed by atoms with E-state index >= 15 is 0 Å². The molecule has 0 spiro atoms. The van der Waals surface area contributed by atoms with Gasteiger partial charge in [-0.25, -0.2) is 8.42 Å². The Morgan fingerprint density at radius 3 is 2.79 bits per heavy atom. The Labute approximate surface area is 114 Å². The van der Waals surface area contributed by atoms with Gasteiger partial charge in [0, 0.05) is 31.6 Å². The van der Waals surface area contributed by atoms with Gasteiger partial charge in [-0.2, -0.15) is 4.31 Å². The van der Waals surface area contributed by atoms with Gasteiger partial charge in [0.05, 0.1) is 5.75 Å².